The van der Waals surface area contributed by atoms with E-state index in [0.717, 1.165) is 18.5 Å². The predicted octanol–water partition coefficient (Wildman–Crippen LogP) is 2.80. The van der Waals surface area contributed by atoms with Gasteiger partial charge in [-0.05, 0) is 23.0 Å². The molecule has 0 radical (unpaired) electrons. The minimum Gasteiger partial charge on any atom is -0.282 e. The molecule has 0 N–H and O–H groups in total. The molecule has 108 valence electrons. The molecule has 0 spiro atoms. The van der Waals surface area contributed by atoms with Crippen molar-refractivity contribution in [2.45, 2.75) is 52.6 Å². The smallest absolute Gasteiger partial charge is 0.282 e. The van der Waals surface area contributed by atoms with Crippen LogP contribution in [-0.2, 0) is 18.5 Å². The van der Waals surface area contributed by atoms with Crippen molar-refractivity contribution in [2.75, 3.05) is 0 Å². The quantitative estimate of drug-likeness (QED) is 0.859. The fraction of sp³-hybridized carbons (Fsp3) is 0.500. The maximum atomic E-state index is 12.1. The summed E-state index contributed by atoms with van der Waals surface area (Å²) in [7, 11) is 0. The van der Waals surface area contributed by atoms with Crippen molar-refractivity contribution in [3.63, 3.8) is 0 Å². The lowest BCUT2D eigenvalue weighted by molar-refractivity contribution is 0.588. The Balaban J connectivity index is 2.16. The number of aryl methyl sites for hydroxylation is 1. The normalized spacial score (nSPS) is 11.8. The highest BCUT2D eigenvalue weighted by molar-refractivity contribution is 5.27. The van der Waals surface area contributed by atoms with Gasteiger partial charge in [-0.1, -0.05) is 52.0 Å². The van der Waals surface area contributed by atoms with Crippen LogP contribution in [0.1, 0.15) is 45.2 Å². The molecule has 0 fully saturated rings. The van der Waals surface area contributed by atoms with Gasteiger partial charge in [-0.3, -0.25) is 4.57 Å². The van der Waals surface area contributed by atoms with Crippen LogP contribution < -0.4 is 5.69 Å². The van der Waals surface area contributed by atoms with Gasteiger partial charge in [0.2, 0.25) is 0 Å². The minimum absolute atomic E-state index is 0.0354. The molecule has 0 unspecified atom stereocenters. The summed E-state index contributed by atoms with van der Waals surface area (Å²) in [5, 5.41) is 4.17. The molecule has 0 aliphatic carbocycles. The molecule has 20 heavy (non-hydrogen) atoms. The summed E-state index contributed by atoms with van der Waals surface area (Å²) in [6.45, 7) is 9.88. The van der Waals surface area contributed by atoms with E-state index in [1.807, 2.05) is 0 Å². The van der Waals surface area contributed by atoms with E-state index in [-0.39, 0.29) is 11.1 Å². The van der Waals surface area contributed by atoms with Crippen molar-refractivity contribution in [1.82, 2.24) is 14.3 Å². The van der Waals surface area contributed by atoms with Crippen molar-refractivity contribution in [3.05, 3.63) is 52.2 Å². The van der Waals surface area contributed by atoms with Gasteiger partial charge < -0.3 is 0 Å². The van der Waals surface area contributed by atoms with E-state index in [1.165, 1.54) is 10.2 Å². The van der Waals surface area contributed by atoms with E-state index in [2.05, 4.69) is 57.1 Å². The van der Waals surface area contributed by atoms with Crippen molar-refractivity contribution < 1.29 is 0 Å². The summed E-state index contributed by atoms with van der Waals surface area (Å²) in [4.78, 5) is 12.1. The Morgan fingerprint density at radius 1 is 1.15 bits per heavy atom. The molecule has 0 atom stereocenters. The minimum atomic E-state index is -0.0354. The molecule has 2 rings (SSSR count). The van der Waals surface area contributed by atoms with Crippen LogP contribution in [0.3, 0.4) is 0 Å². The highest BCUT2D eigenvalue weighted by atomic mass is 16.2. The summed E-state index contributed by atoms with van der Waals surface area (Å²) in [6.07, 6.45) is 2.56. The summed E-state index contributed by atoms with van der Waals surface area (Å²) >= 11 is 0. The molecule has 0 aliphatic rings. The zero-order valence-corrected chi connectivity index (χ0v) is 12.8. The lowest BCUT2D eigenvalue weighted by Crippen LogP contribution is -2.25. The van der Waals surface area contributed by atoms with Crippen LogP contribution in [0.5, 0.6) is 0 Å². The molecule has 0 bridgehead atoms. The van der Waals surface area contributed by atoms with Gasteiger partial charge in [-0.25, -0.2) is 9.48 Å². The number of benzene rings is 1. The second-order valence-corrected chi connectivity index (χ2v) is 6.21. The topological polar surface area (TPSA) is 39.8 Å². The van der Waals surface area contributed by atoms with E-state index < -0.39 is 0 Å². The van der Waals surface area contributed by atoms with Crippen LogP contribution in [0.15, 0.2) is 35.4 Å². The van der Waals surface area contributed by atoms with Crippen LogP contribution in [0.25, 0.3) is 0 Å². The van der Waals surface area contributed by atoms with Gasteiger partial charge in [0.25, 0.3) is 0 Å². The van der Waals surface area contributed by atoms with Crippen LogP contribution in [-0.4, -0.2) is 14.3 Å². The molecular weight excluding hydrogens is 250 g/mol. The molecule has 1 aromatic heterocycles. The lowest BCUT2D eigenvalue weighted by Gasteiger charge is -2.19. The van der Waals surface area contributed by atoms with E-state index >= 15 is 0 Å². The molecule has 0 saturated carbocycles. The fourth-order valence-corrected chi connectivity index (χ4v) is 2.16. The van der Waals surface area contributed by atoms with Crippen molar-refractivity contribution in [1.29, 1.82) is 0 Å². The number of rotatable bonds is 4. The Morgan fingerprint density at radius 2 is 1.80 bits per heavy atom. The predicted molar refractivity (Wildman–Crippen MR) is 81.0 cm³/mol. The highest BCUT2D eigenvalue weighted by Crippen LogP contribution is 2.22. The van der Waals surface area contributed by atoms with Gasteiger partial charge in [-0.15, -0.1) is 0 Å². The maximum absolute atomic E-state index is 12.1. The van der Waals surface area contributed by atoms with Gasteiger partial charge in [0.05, 0.1) is 6.54 Å². The largest absolute Gasteiger partial charge is 0.346 e. The highest BCUT2D eigenvalue weighted by Gasteiger charge is 2.13. The Labute approximate surface area is 120 Å². The average Bonchev–Trinajstić information content (AvgIpc) is 2.72. The first-order valence-electron chi connectivity index (χ1n) is 7.13. The number of aromatic nitrogens is 3. The van der Waals surface area contributed by atoms with E-state index in [0.29, 0.717) is 6.54 Å². The first-order valence-corrected chi connectivity index (χ1v) is 7.13. The Morgan fingerprint density at radius 3 is 2.35 bits per heavy atom. The monoisotopic (exact) mass is 273 g/mol. The summed E-state index contributed by atoms with van der Waals surface area (Å²) in [6, 6.07) is 8.41. The van der Waals surface area contributed by atoms with Crippen LogP contribution >= 0.6 is 0 Å². The second-order valence-electron chi connectivity index (χ2n) is 6.21. The third-order valence-electron chi connectivity index (χ3n) is 3.41. The van der Waals surface area contributed by atoms with E-state index in [1.54, 1.807) is 10.9 Å². The molecule has 0 amide bonds. The van der Waals surface area contributed by atoms with E-state index in [4.69, 9.17) is 0 Å². The molecule has 0 saturated heterocycles. The van der Waals surface area contributed by atoms with Gasteiger partial charge in [-0.2, -0.15) is 5.10 Å². The Kier molecular flexibility index (Phi) is 4.12. The number of hydrogen-bond donors (Lipinski definition) is 0. The van der Waals surface area contributed by atoms with Gasteiger partial charge in [0.1, 0.15) is 6.33 Å². The molecule has 1 heterocycles. The first kappa shape index (κ1) is 14.6. The van der Waals surface area contributed by atoms with Crippen LogP contribution in [0, 0.1) is 0 Å². The Bertz CT molecular complexity index is 614. The zero-order chi connectivity index (χ0) is 14.8. The number of hydrogen-bond acceptors (Lipinski definition) is 2. The average molecular weight is 273 g/mol. The summed E-state index contributed by atoms with van der Waals surface area (Å²) in [5.74, 6) is 0. The first-order chi connectivity index (χ1) is 9.41. The van der Waals surface area contributed by atoms with Gasteiger partial charge >= 0.3 is 5.69 Å². The maximum Gasteiger partial charge on any atom is 0.346 e. The molecule has 4 nitrogen and oxygen atoms in total. The molecule has 4 heteroatoms. The SMILES string of the molecule is CCCn1cnn(Cc2ccc(C(C)(C)C)cc2)c1=O. The van der Waals surface area contributed by atoms with Crippen LogP contribution in [0.4, 0.5) is 0 Å². The van der Waals surface area contributed by atoms with Crippen molar-refractivity contribution in [2.24, 2.45) is 0 Å². The standard InChI is InChI=1S/C16H23N3O/c1-5-10-18-12-17-19(15(18)20)11-13-6-8-14(9-7-13)16(2,3)4/h6-9,12H,5,10-11H2,1-4H3. The molecule has 2 aromatic rings. The van der Waals surface area contributed by atoms with Crippen molar-refractivity contribution in [3.8, 4) is 0 Å². The zero-order valence-electron chi connectivity index (χ0n) is 12.8. The van der Waals surface area contributed by atoms with Crippen LogP contribution in [0.2, 0.25) is 0 Å². The third kappa shape index (κ3) is 3.18. The third-order valence-corrected chi connectivity index (χ3v) is 3.41. The van der Waals surface area contributed by atoms with Crippen molar-refractivity contribution >= 4 is 0 Å². The molecule has 0 aliphatic heterocycles. The fourth-order valence-electron chi connectivity index (χ4n) is 2.16. The molecular formula is C16H23N3O. The second kappa shape index (κ2) is 5.65. The number of nitrogens with zero attached hydrogens (tertiary/aromatic N) is 3. The summed E-state index contributed by atoms with van der Waals surface area (Å²) < 4.78 is 3.17. The summed E-state index contributed by atoms with van der Waals surface area (Å²) in [5.41, 5.74) is 2.51. The van der Waals surface area contributed by atoms with E-state index in [9.17, 15) is 4.79 Å². The van der Waals surface area contributed by atoms with Gasteiger partial charge in [0, 0.05) is 6.54 Å². The molecule has 1 aromatic carbocycles. The van der Waals surface area contributed by atoms with Gasteiger partial charge in [0.15, 0.2) is 0 Å². The Hall–Kier alpha value is -1.84. The lowest BCUT2D eigenvalue weighted by atomic mass is 9.87.